The zero-order valence-electron chi connectivity index (χ0n) is 17.8. The lowest BCUT2D eigenvalue weighted by molar-refractivity contribution is 0.0102. The standard InChI is InChI=1S/C24H29ClN2O2/c1-6-26(7-2)17(3)27-15-14-19-16-20(10-13-22(19)27)24(4,29-5)23(28)18-8-11-21(25)12-9-18/h8-17H,6-7H2,1-5H3. The minimum atomic E-state index is -1.07. The summed E-state index contributed by atoms with van der Waals surface area (Å²) in [6.07, 6.45) is 2.38. The van der Waals surface area contributed by atoms with Crippen LogP contribution in [0.25, 0.3) is 10.9 Å². The van der Waals surface area contributed by atoms with Gasteiger partial charge >= 0.3 is 0 Å². The molecule has 0 radical (unpaired) electrons. The Labute approximate surface area is 178 Å². The van der Waals surface area contributed by atoms with Gasteiger partial charge < -0.3 is 9.30 Å². The Balaban J connectivity index is 2.00. The minimum Gasteiger partial charge on any atom is -0.366 e. The molecule has 29 heavy (non-hydrogen) atoms. The summed E-state index contributed by atoms with van der Waals surface area (Å²) in [6.45, 7) is 10.4. The lowest BCUT2D eigenvalue weighted by atomic mass is 9.87. The Hall–Kier alpha value is -2.14. The lowest BCUT2D eigenvalue weighted by Gasteiger charge is -2.29. The monoisotopic (exact) mass is 412 g/mol. The highest BCUT2D eigenvalue weighted by Gasteiger charge is 2.36. The third-order valence-corrected chi connectivity index (χ3v) is 6.21. The molecule has 4 nitrogen and oxygen atoms in total. The van der Waals surface area contributed by atoms with Crippen molar-refractivity contribution in [3.05, 3.63) is 70.9 Å². The second-order valence-corrected chi connectivity index (χ2v) is 7.86. The van der Waals surface area contributed by atoms with Crippen LogP contribution in [0.3, 0.4) is 0 Å². The molecule has 0 amide bonds. The van der Waals surface area contributed by atoms with Crippen molar-refractivity contribution in [3.8, 4) is 0 Å². The SMILES string of the molecule is CCN(CC)C(C)n1ccc2cc(C(C)(OC)C(=O)c3ccc(Cl)cc3)ccc21. The first-order valence-corrected chi connectivity index (χ1v) is 10.4. The van der Waals surface area contributed by atoms with Crippen molar-refractivity contribution >= 4 is 28.3 Å². The molecule has 3 rings (SSSR count). The number of carbonyl (C=O) groups is 1. The fraction of sp³-hybridized carbons (Fsp3) is 0.375. The average Bonchev–Trinajstić information content (AvgIpc) is 3.17. The van der Waals surface area contributed by atoms with E-state index in [4.69, 9.17) is 16.3 Å². The van der Waals surface area contributed by atoms with Gasteiger partial charge in [0.1, 0.15) is 0 Å². The topological polar surface area (TPSA) is 34.5 Å². The summed E-state index contributed by atoms with van der Waals surface area (Å²) in [6, 6.07) is 15.2. The average molecular weight is 413 g/mol. The van der Waals surface area contributed by atoms with E-state index in [9.17, 15) is 4.79 Å². The number of carbonyl (C=O) groups excluding carboxylic acids is 1. The number of benzene rings is 2. The quantitative estimate of drug-likeness (QED) is 0.432. The molecule has 0 aliphatic carbocycles. The number of fused-ring (bicyclic) bond motifs is 1. The molecule has 0 spiro atoms. The molecule has 0 N–H and O–H groups in total. The van der Waals surface area contributed by atoms with Crippen LogP contribution >= 0.6 is 11.6 Å². The highest BCUT2D eigenvalue weighted by molar-refractivity contribution is 6.30. The number of hydrogen-bond acceptors (Lipinski definition) is 3. The summed E-state index contributed by atoms with van der Waals surface area (Å²) in [7, 11) is 1.58. The molecule has 0 saturated heterocycles. The summed E-state index contributed by atoms with van der Waals surface area (Å²) in [5.74, 6) is -0.0908. The van der Waals surface area contributed by atoms with Crippen LogP contribution in [-0.4, -0.2) is 35.4 Å². The Morgan fingerprint density at radius 1 is 1.14 bits per heavy atom. The summed E-state index contributed by atoms with van der Waals surface area (Å²) >= 11 is 5.97. The van der Waals surface area contributed by atoms with Crippen molar-refractivity contribution in [2.75, 3.05) is 20.2 Å². The van der Waals surface area contributed by atoms with Gasteiger partial charge in [-0.1, -0.05) is 31.5 Å². The zero-order chi connectivity index (χ0) is 21.2. The van der Waals surface area contributed by atoms with Crippen LogP contribution in [0, 0.1) is 0 Å². The molecule has 5 heteroatoms. The van der Waals surface area contributed by atoms with Gasteiger partial charge in [-0.25, -0.2) is 0 Å². The number of ether oxygens (including phenoxy) is 1. The molecule has 154 valence electrons. The van der Waals surface area contributed by atoms with Gasteiger partial charge in [0.25, 0.3) is 0 Å². The van der Waals surface area contributed by atoms with Gasteiger partial charge in [0.15, 0.2) is 11.4 Å². The Morgan fingerprint density at radius 2 is 1.79 bits per heavy atom. The number of rotatable bonds is 8. The predicted octanol–water partition coefficient (Wildman–Crippen LogP) is 5.90. The van der Waals surface area contributed by atoms with Crippen LogP contribution in [0.4, 0.5) is 0 Å². The second kappa shape index (κ2) is 8.70. The first-order valence-electron chi connectivity index (χ1n) is 10.1. The van der Waals surface area contributed by atoms with Gasteiger partial charge in [0.05, 0.1) is 6.17 Å². The van der Waals surface area contributed by atoms with Crippen molar-refractivity contribution in [1.29, 1.82) is 0 Å². The molecule has 1 aromatic heterocycles. The van der Waals surface area contributed by atoms with Crippen molar-refractivity contribution < 1.29 is 9.53 Å². The number of methoxy groups -OCH3 is 1. The third kappa shape index (κ3) is 3.97. The van der Waals surface area contributed by atoms with E-state index in [-0.39, 0.29) is 11.9 Å². The molecule has 0 aliphatic heterocycles. The first kappa shape index (κ1) is 21.6. The fourth-order valence-corrected chi connectivity index (χ4v) is 4.06. The number of halogens is 1. The molecule has 2 atom stereocenters. The van der Waals surface area contributed by atoms with Gasteiger partial charge in [-0.3, -0.25) is 9.69 Å². The molecule has 0 saturated carbocycles. The van der Waals surface area contributed by atoms with E-state index >= 15 is 0 Å². The Kier molecular flexibility index (Phi) is 6.47. The third-order valence-electron chi connectivity index (χ3n) is 5.96. The first-order chi connectivity index (χ1) is 13.8. The van der Waals surface area contributed by atoms with Gasteiger partial charge in [-0.2, -0.15) is 0 Å². The van der Waals surface area contributed by atoms with Gasteiger partial charge in [0, 0.05) is 34.8 Å². The molecule has 2 unspecified atom stereocenters. The van der Waals surface area contributed by atoms with Crippen LogP contribution in [0.15, 0.2) is 54.7 Å². The predicted molar refractivity (Wildman–Crippen MR) is 120 cm³/mol. The smallest absolute Gasteiger partial charge is 0.198 e. The van der Waals surface area contributed by atoms with E-state index in [1.165, 1.54) is 0 Å². The van der Waals surface area contributed by atoms with Crippen LogP contribution in [0.2, 0.25) is 5.02 Å². The lowest BCUT2D eigenvalue weighted by Crippen LogP contribution is -2.34. The van der Waals surface area contributed by atoms with E-state index in [1.54, 1.807) is 31.4 Å². The second-order valence-electron chi connectivity index (χ2n) is 7.42. The van der Waals surface area contributed by atoms with E-state index in [0.717, 1.165) is 29.6 Å². The van der Waals surface area contributed by atoms with Crippen molar-refractivity contribution in [3.63, 3.8) is 0 Å². The van der Waals surface area contributed by atoms with Crippen LogP contribution in [0.5, 0.6) is 0 Å². The molecule has 0 fully saturated rings. The normalized spacial score (nSPS) is 14.9. The Morgan fingerprint density at radius 3 is 2.38 bits per heavy atom. The van der Waals surface area contributed by atoms with E-state index in [2.05, 4.69) is 54.6 Å². The minimum absolute atomic E-state index is 0.0908. The molecular formula is C24H29ClN2O2. The summed E-state index contributed by atoms with van der Waals surface area (Å²) in [4.78, 5) is 15.6. The van der Waals surface area contributed by atoms with Crippen molar-refractivity contribution in [2.24, 2.45) is 0 Å². The van der Waals surface area contributed by atoms with Crippen LogP contribution in [0.1, 0.15) is 49.8 Å². The fourth-order valence-electron chi connectivity index (χ4n) is 3.93. The molecular weight excluding hydrogens is 384 g/mol. The van der Waals surface area contributed by atoms with Gasteiger partial charge in [-0.15, -0.1) is 0 Å². The van der Waals surface area contributed by atoms with Crippen LogP contribution < -0.4 is 0 Å². The van der Waals surface area contributed by atoms with E-state index in [1.807, 2.05) is 13.0 Å². The van der Waals surface area contributed by atoms with Crippen LogP contribution in [-0.2, 0) is 10.3 Å². The summed E-state index contributed by atoms with van der Waals surface area (Å²) in [5.41, 5.74) is 1.48. The zero-order valence-corrected chi connectivity index (χ0v) is 18.5. The maximum atomic E-state index is 13.2. The van der Waals surface area contributed by atoms with Gasteiger partial charge in [0.2, 0.25) is 0 Å². The highest BCUT2D eigenvalue weighted by Crippen LogP contribution is 2.33. The number of hydrogen-bond donors (Lipinski definition) is 0. The molecule has 2 aromatic carbocycles. The van der Waals surface area contributed by atoms with Crippen molar-refractivity contribution in [2.45, 2.75) is 39.5 Å². The van der Waals surface area contributed by atoms with Crippen molar-refractivity contribution in [1.82, 2.24) is 9.47 Å². The Bertz CT molecular complexity index is 992. The molecule has 1 heterocycles. The molecule has 0 aliphatic rings. The largest absolute Gasteiger partial charge is 0.366 e. The highest BCUT2D eigenvalue weighted by atomic mass is 35.5. The molecule has 0 bridgehead atoms. The maximum absolute atomic E-state index is 13.2. The number of aromatic nitrogens is 1. The number of nitrogens with zero attached hydrogens (tertiary/aromatic N) is 2. The molecule has 3 aromatic rings. The summed E-state index contributed by atoms with van der Waals surface area (Å²) in [5, 5.41) is 1.69. The number of ketones is 1. The maximum Gasteiger partial charge on any atom is 0.198 e. The van der Waals surface area contributed by atoms with E-state index < -0.39 is 5.60 Å². The summed E-state index contributed by atoms with van der Waals surface area (Å²) < 4.78 is 8.02. The number of Topliss-reactive ketones (excluding diaryl/α,β-unsaturated/α-hetero) is 1. The van der Waals surface area contributed by atoms with Gasteiger partial charge in [-0.05, 0) is 75.0 Å². The van der Waals surface area contributed by atoms with E-state index in [0.29, 0.717) is 10.6 Å².